The zero-order valence-corrected chi connectivity index (χ0v) is 28.9. The van der Waals surface area contributed by atoms with Crippen LogP contribution in [0.2, 0.25) is 10.0 Å². The standard InChI is InChI=1S/C36H39Cl2N3O5S/c1-4-46-34-18-12-11-17-32(34)41(47(44,45)30-15-9-6-10-16-30)25-35(42)40(24-28-19-20-29(37)22-31(28)38)33(36(43)39-23-26(2)3)21-27-13-7-5-8-14-27/h5-20,22,26,33H,4,21,23-25H2,1-3H3,(H,39,43). The van der Waals surface area contributed by atoms with E-state index in [4.69, 9.17) is 27.9 Å². The van der Waals surface area contributed by atoms with Crippen molar-refractivity contribution in [3.8, 4) is 5.75 Å². The van der Waals surface area contributed by atoms with Crippen LogP contribution in [0.5, 0.6) is 5.75 Å². The maximum absolute atomic E-state index is 14.7. The minimum atomic E-state index is -4.27. The van der Waals surface area contributed by atoms with Crippen molar-refractivity contribution in [3.63, 3.8) is 0 Å². The van der Waals surface area contributed by atoms with Crippen LogP contribution in [0.3, 0.4) is 0 Å². The minimum Gasteiger partial charge on any atom is -0.492 e. The molecule has 0 aliphatic heterocycles. The minimum absolute atomic E-state index is 0.00177. The zero-order chi connectivity index (χ0) is 34.0. The Balaban J connectivity index is 1.85. The summed E-state index contributed by atoms with van der Waals surface area (Å²) < 4.78 is 35.4. The van der Waals surface area contributed by atoms with Crippen LogP contribution in [0.25, 0.3) is 0 Å². The van der Waals surface area contributed by atoms with E-state index in [9.17, 15) is 18.0 Å². The van der Waals surface area contributed by atoms with Gasteiger partial charge in [-0.05, 0) is 60.4 Å². The van der Waals surface area contributed by atoms with E-state index in [1.54, 1.807) is 67.6 Å². The van der Waals surface area contributed by atoms with Crippen LogP contribution in [-0.2, 0) is 32.6 Å². The van der Waals surface area contributed by atoms with Crippen molar-refractivity contribution in [2.75, 3.05) is 24.0 Å². The molecule has 0 saturated carbocycles. The van der Waals surface area contributed by atoms with E-state index in [1.165, 1.54) is 17.0 Å². The Morgan fingerprint density at radius 2 is 1.51 bits per heavy atom. The smallest absolute Gasteiger partial charge is 0.264 e. The van der Waals surface area contributed by atoms with E-state index < -0.39 is 28.5 Å². The molecule has 0 aliphatic rings. The number of nitrogens with zero attached hydrogens (tertiary/aromatic N) is 2. The van der Waals surface area contributed by atoms with Gasteiger partial charge in [0.1, 0.15) is 18.3 Å². The maximum atomic E-state index is 14.7. The highest BCUT2D eigenvalue weighted by Crippen LogP contribution is 2.33. The molecular formula is C36H39Cl2N3O5S. The van der Waals surface area contributed by atoms with Gasteiger partial charge in [-0.1, -0.05) is 104 Å². The lowest BCUT2D eigenvalue weighted by Crippen LogP contribution is -2.53. The third-order valence-electron chi connectivity index (χ3n) is 7.36. The topological polar surface area (TPSA) is 96.0 Å². The summed E-state index contributed by atoms with van der Waals surface area (Å²) in [4.78, 5) is 30.0. The third-order valence-corrected chi connectivity index (χ3v) is 9.72. The van der Waals surface area contributed by atoms with Crippen molar-refractivity contribution in [3.05, 3.63) is 124 Å². The van der Waals surface area contributed by atoms with Crippen molar-refractivity contribution in [2.24, 2.45) is 5.92 Å². The van der Waals surface area contributed by atoms with Gasteiger partial charge in [-0.2, -0.15) is 0 Å². The molecule has 1 atom stereocenters. The van der Waals surface area contributed by atoms with Gasteiger partial charge in [-0.3, -0.25) is 13.9 Å². The molecule has 2 amide bonds. The molecule has 248 valence electrons. The van der Waals surface area contributed by atoms with Gasteiger partial charge in [0.05, 0.1) is 17.2 Å². The zero-order valence-electron chi connectivity index (χ0n) is 26.6. The molecule has 0 bridgehead atoms. The van der Waals surface area contributed by atoms with Crippen LogP contribution in [0.15, 0.2) is 108 Å². The summed E-state index contributed by atoms with van der Waals surface area (Å²) in [5, 5.41) is 3.70. The van der Waals surface area contributed by atoms with Gasteiger partial charge in [0.25, 0.3) is 10.0 Å². The van der Waals surface area contributed by atoms with Gasteiger partial charge >= 0.3 is 0 Å². The number of benzene rings is 4. The third kappa shape index (κ3) is 9.50. The summed E-state index contributed by atoms with van der Waals surface area (Å²) in [5.41, 5.74) is 1.57. The largest absolute Gasteiger partial charge is 0.492 e. The van der Waals surface area contributed by atoms with Crippen molar-refractivity contribution in [2.45, 2.75) is 44.7 Å². The first-order valence-corrected chi connectivity index (χ1v) is 17.6. The van der Waals surface area contributed by atoms with Crippen LogP contribution in [0.4, 0.5) is 5.69 Å². The van der Waals surface area contributed by atoms with E-state index in [1.807, 2.05) is 44.2 Å². The van der Waals surface area contributed by atoms with Crippen LogP contribution >= 0.6 is 23.2 Å². The van der Waals surface area contributed by atoms with Crippen molar-refractivity contribution < 1.29 is 22.7 Å². The monoisotopic (exact) mass is 695 g/mol. The maximum Gasteiger partial charge on any atom is 0.264 e. The van der Waals surface area contributed by atoms with Gasteiger partial charge < -0.3 is 15.0 Å². The molecule has 0 radical (unpaired) electrons. The number of nitrogens with one attached hydrogen (secondary N) is 1. The number of carbonyl (C=O) groups excluding carboxylic acids is 2. The average Bonchev–Trinajstić information content (AvgIpc) is 3.06. The summed E-state index contributed by atoms with van der Waals surface area (Å²) in [6.45, 7) is 5.73. The number of halogens is 2. The molecule has 0 aliphatic carbocycles. The molecule has 47 heavy (non-hydrogen) atoms. The molecule has 0 saturated heterocycles. The number of anilines is 1. The summed E-state index contributed by atoms with van der Waals surface area (Å²) in [7, 11) is -4.27. The van der Waals surface area contributed by atoms with Crippen molar-refractivity contribution in [1.82, 2.24) is 10.2 Å². The number of hydrogen-bond acceptors (Lipinski definition) is 5. The molecular weight excluding hydrogens is 657 g/mol. The second-order valence-electron chi connectivity index (χ2n) is 11.3. The Bertz CT molecular complexity index is 1760. The van der Waals surface area contributed by atoms with Gasteiger partial charge in [0.2, 0.25) is 11.8 Å². The first-order chi connectivity index (χ1) is 22.5. The van der Waals surface area contributed by atoms with Crippen molar-refractivity contribution >= 4 is 50.7 Å². The van der Waals surface area contributed by atoms with Crippen LogP contribution in [0, 0.1) is 5.92 Å². The molecule has 4 aromatic carbocycles. The van der Waals surface area contributed by atoms with Gasteiger partial charge in [-0.15, -0.1) is 0 Å². The fourth-order valence-electron chi connectivity index (χ4n) is 4.98. The predicted octanol–water partition coefficient (Wildman–Crippen LogP) is 7.00. The lowest BCUT2D eigenvalue weighted by atomic mass is 10.0. The fourth-order valence-corrected chi connectivity index (χ4v) is 6.90. The fraction of sp³-hybridized carbons (Fsp3) is 0.278. The van der Waals surface area contributed by atoms with E-state index in [0.29, 0.717) is 27.9 Å². The van der Waals surface area contributed by atoms with E-state index in [2.05, 4.69) is 5.32 Å². The molecule has 4 rings (SSSR count). The molecule has 1 unspecified atom stereocenters. The Morgan fingerprint density at radius 1 is 0.872 bits per heavy atom. The molecule has 0 aromatic heterocycles. The van der Waals surface area contributed by atoms with Crippen LogP contribution in [-0.4, -0.2) is 50.9 Å². The Morgan fingerprint density at radius 3 is 2.15 bits per heavy atom. The first-order valence-electron chi connectivity index (χ1n) is 15.4. The molecule has 11 heteroatoms. The molecule has 8 nitrogen and oxygen atoms in total. The Hall–Kier alpha value is -4.05. The molecule has 0 fully saturated rings. The van der Waals surface area contributed by atoms with Gasteiger partial charge in [-0.25, -0.2) is 8.42 Å². The highest BCUT2D eigenvalue weighted by Gasteiger charge is 2.35. The van der Waals surface area contributed by atoms with Gasteiger partial charge in [0, 0.05) is 29.6 Å². The number of amides is 2. The number of sulfonamides is 1. The SMILES string of the molecule is CCOc1ccccc1N(CC(=O)N(Cc1ccc(Cl)cc1Cl)C(Cc1ccccc1)C(=O)NCC(C)C)S(=O)(=O)c1ccccc1. The highest BCUT2D eigenvalue weighted by atomic mass is 35.5. The second kappa shape index (κ2) is 16.7. The van der Waals surface area contributed by atoms with E-state index >= 15 is 0 Å². The van der Waals surface area contributed by atoms with E-state index in [-0.39, 0.29) is 42.0 Å². The molecule has 0 heterocycles. The number of rotatable bonds is 15. The second-order valence-corrected chi connectivity index (χ2v) is 14.0. The highest BCUT2D eigenvalue weighted by molar-refractivity contribution is 7.92. The molecule has 4 aromatic rings. The summed E-state index contributed by atoms with van der Waals surface area (Å²) >= 11 is 12.8. The van der Waals surface area contributed by atoms with Crippen LogP contribution in [0.1, 0.15) is 31.9 Å². The molecule has 1 N–H and O–H groups in total. The summed E-state index contributed by atoms with van der Waals surface area (Å²) in [5.74, 6) is -0.520. The molecule has 0 spiro atoms. The number of carbonyl (C=O) groups is 2. The van der Waals surface area contributed by atoms with Crippen molar-refractivity contribution in [1.29, 1.82) is 0 Å². The summed E-state index contributed by atoms with van der Waals surface area (Å²) in [6.07, 6.45) is 0.183. The number of hydrogen-bond donors (Lipinski definition) is 1. The lowest BCUT2D eigenvalue weighted by molar-refractivity contribution is -0.140. The predicted molar refractivity (Wildman–Crippen MR) is 187 cm³/mol. The number of ether oxygens (including phenoxy) is 1. The lowest BCUT2D eigenvalue weighted by Gasteiger charge is -2.34. The Kier molecular flexibility index (Phi) is 12.7. The Labute approximate surface area is 287 Å². The van der Waals surface area contributed by atoms with Gasteiger partial charge in [0.15, 0.2) is 0 Å². The average molecular weight is 697 g/mol. The number of para-hydroxylation sites is 2. The first kappa shape index (κ1) is 35.8. The quantitative estimate of drug-likeness (QED) is 0.145. The summed E-state index contributed by atoms with van der Waals surface area (Å²) in [6, 6.07) is 27.8. The van der Waals surface area contributed by atoms with E-state index in [0.717, 1.165) is 9.87 Å². The van der Waals surface area contributed by atoms with Crippen LogP contribution < -0.4 is 14.4 Å². The normalized spacial score (nSPS) is 12.0.